The van der Waals surface area contributed by atoms with Gasteiger partial charge >= 0.3 is 6.09 Å². The van der Waals surface area contributed by atoms with Crippen molar-refractivity contribution in [1.29, 1.82) is 0 Å². The molecule has 0 aromatic carbocycles. The minimum absolute atomic E-state index is 0.529. The summed E-state index contributed by atoms with van der Waals surface area (Å²) in [6, 6.07) is 0. The molecule has 5 heteroatoms. The van der Waals surface area contributed by atoms with Gasteiger partial charge in [-0.05, 0) is 20.8 Å². The first kappa shape index (κ1) is 11.2. The number of nitrogens with one attached hydrogen (secondary N) is 1. The Kier molecular flexibility index (Phi) is 3.99. The lowest BCUT2D eigenvalue weighted by molar-refractivity contribution is 0.0222. The summed E-state index contributed by atoms with van der Waals surface area (Å²) in [5.41, 5.74) is -0.598. The fourth-order valence-corrected chi connectivity index (χ4v) is 0.489. The molecule has 0 aromatic heterocycles. The van der Waals surface area contributed by atoms with Gasteiger partial charge in [0.15, 0.2) is 6.23 Å². The molecule has 12 heavy (non-hydrogen) atoms. The summed E-state index contributed by atoms with van der Waals surface area (Å²) in [5.74, 6) is 0. The highest BCUT2D eigenvalue weighted by Crippen LogP contribution is 2.06. The molecule has 0 aliphatic carbocycles. The lowest BCUT2D eigenvalue weighted by Crippen LogP contribution is -2.40. The first-order chi connectivity index (χ1) is 5.35. The summed E-state index contributed by atoms with van der Waals surface area (Å²) in [6.45, 7) is 4.59. The van der Waals surface area contributed by atoms with Crippen LogP contribution in [0.3, 0.4) is 0 Å². The van der Waals surface area contributed by atoms with Crippen LogP contribution in [0.15, 0.2) is 0 Å². The summed E-state index contributed by atoms with van der Waals surface area (Å²) in [4.78, 5) is 10.8. The summed E-state index contributed by atoms with van der Waals surface area (Å²) in [7, 11) is 0. The molecule has 1 atom stereocenters. The minimum Gasteiger partial charge on any atom is -0.444 e. The normalized spacial score (nSPS) is 13.8. The summed E-state index contributed by atoms with van der Waals surface area (Å²) < 4.78 is 4.79. The number of alkyl carbamates (subject to hydrolysis) is 1. The first-order valence-corrected chi connectivity index (χ1v) is 3.63. The summed E-state index contributed by atoms with van der Waals surface area (Å²) in [5, 5.41) is 19.2. The molecular formula is C7H15NO4. The Labute approximate surface area is 71.3 Å². The number of rotatable bonds is 2. The zero-order valence-corrected chi connectivity index (χ0v) is 7.50. The standard InChI is InChI=1S/C7H15NO4/c1-7(2,3)12-6(11)8-5(10)4-9/h5,9-10H,4H2,1-3H3,(H,8,11). The maximum absolute atomic E-state index is 10.8. The van der Waals surface area contributed by atoms with E-state index in [0.717, 1.165) is 0 Å². The van der Waals surface area contributed by atoms with E-state index in [9.17, 15) is 4.79 Å². The minimum atomic E-state index is -1.26. The van der Waals surface area contributed by atoms with Gasteiger partial charge in [-0.25, -0.2) is 4.79 Å². The second kappa shape index (κ2) is 4.27. The SMILES string of the molecule is CC(C)(C)OC(=O)NC(O)CO. The van der Waals surface area contributed by atoms with Gasteiger partial charge in [-0.3, -0.25) is 5.32 Å². The molecule has 0 rings (SSSR count). The van der Waals surface area contributed by atoms with E-state index < -0.39 is 24.5 Å². The Balaban J connectivity index is 3.75. The summed E-state index contributed by atoms with van der Waals surface area (Å²) >= 11 is 0. The fourth-order valence-electron chi connectivity index (χ4n) is 0.489. The Morgan fingerprint density at radius 2 is 2.08 bits per heavy atom. The molecule has 0 spiro atoms. The zero-order chi connectivity index (χ0) is 9.78. The number of carbonyl (C=O) groups excluding carboxylic acids is 1. The van der Waals surface area contributed by atoms with Crippen LogP contribution in [-0.2, 0) is 4.74 Å². The second-order valence-electron chi connectivity index (χ2n) is 3.34. The van der Waals surface area contributed by atoms with E-state index in [0.29, 0.717) is 0 Å². The van der Waals surface area contributed by atoms with Crippen molar-refractivity contribution in [2.24, 2.45) is 0 Å². The van der Waals surface area contributed by atoms with E-state index in [2.05, 4.69) is 0 Å². The van der Waals surface area contributed by atoms with E-state index in [-0.39, 0.29) is 0 Å². The largest absolute Gasteiger partial charge is 0.444 e. The molecule has 5 nitrogen and oxygen atoms in total. The van der Waals surface area contributed by atoms with Crippen LogP contribution in [0.2, 0.25) is 0 Å². The lowest BCUT2D eigenvalue weighted by atomic mass is 10.2. The number of hydrogen-bond donors (Lipinski definition) is 3. The Hall–Kier alpha value is -0.810. The highest BCUT2D eigenvalue weighted by atomic mass is 16.6. The van der Waals surface area contributed by atoms with Crippen molar-refractivity contribution >= 4 is 6.09 Å². The van der Waals surface area contributed by atoms with Gasteiger partial charge in [0.1, 0.15) is 5.60 Å². The Morgan fingerprint density at radius 3 is 2.42 bits per heavy atom. The smallest absolute Gasteiger partial charge is 0.409 e. The monoisotopic (exact) mass is 177 g/mol. The number of aliphatic hydroxyl groups is 2. The van der Waals surface area contributed by atoms with Gasteiger partial charge < -0.3 is 14.9 Å². The van der Waals surface area contributed by atoms with Gasteiger partial charge in [-0.1, -0.05) is 0 Å². The quantitative estimate of drug-likeness (QED) is 0.511. The van der Waals surface area contributed by atoms with Crippen LogP contribution in [0.25, 0.3) is 0 Å². The van der Waals surface area contributed by atoms with Gasteiger partial charge in [0.05, 0.1) is 6.61 Å². The molecule has 0 aromatic rings. The topological polar surface area (TPSA) is 78.8 Å². The molecule has 72 valence electrons. The summed E-state index contributed by atoms with van der Waals surface area (Å²) in [6.07, 6.45) is -2.01. The van der Waals surface area contributed by atoms with Crippen LogP contribution in [0, 0.1) is 0 Å². The third kappa shape index (κ3) is 5.94. The molecule has 0 heterocycles. The predicted molar refractivity (Wildman–Crippen MR) is 42.5 cm³/mol. The van der Waals surface area contributed by atoms with Gasteiger partial charge in [0, 0.05) is 0 Å². The molecule has 0 radical (unpaired) electrons. The zero-order valence-electron chi connectivity index (χ0n) is 7.50. The van der Waals surface area contributed by atoms with Crippen molar-refractivity contribution in [2.75, 3.05) is 6.61 Å². The van der Waals surface area contributed by atoms with Crippen molar-refractivity contribution in [3.05, 3.63) is 0 Å². The van der Waals surface area contributed by atoms with Crippen molar-refractivity contribution < 1.29 is 19.7 Å². The van der Waals surface area contributed by atoms with Gasteiger partial charge in [0.2, 0.25) is 0 Å². The number of amides is 1. The van der Waals surface area contributed by atoms with E-state index in [1.54, 1.807) is 20.8 Å². The third-order valence-electron chi connectivity index (χ3n) is 0.856. The first-order valence-electron chi connectivity index (χ1n) is 3.63. The highest BCUT2D eigenvalue weighted by molar-refractivity contribution is 5.67. The number of ether oxygens (including phenoxy) is 1. The van der Waals surface area contributed by atoms with Gasteiger partial charge in [-0.15, -0.1) is 0 Å². The van der Waals surface area contributed by atoms with Crippen LogP contribution >= 0.6 is 0 Å². The van der Waals surface area contributed by atoms with Crippen LogP contribution in [0.4, 0.5) is 4.79 Å². The molecule has 0 bridgehead atoms. The van der Waals surface area contributed by atoms with E-state index in [1.165, 1.54) is 0 Å². The Bertz CT molecular complexity index is 152. The molecule has 0 saturated carbocycles. The molecule has 1 amide bonds. The molecule has 0 aliphatic heterocycles. The van der Waals surface area contributed by atoms with Crippen molar-refractivity contribution in [1.82, 2.24) is 5.32 Å². The van der Waals surface area contributed by atoms with Crippen LogP contribution < -0.4 is 5.32 Å². The van der Waals surface area contributed by atoms with E-state index in [1.807, 2.05) is 5.32 Å². The molecule has 0 aliphatic rings. The fraction of sp³-hybridized carbons (Fsp3) is 0.857. The number of carbonyl (C=O) groups is 1. The molecule has 1 unspecified atom stereocenters. The molecular weight excluding hydrogens is 162 g/mol. The molecule has 0 fully saturated rings. The van der Waals surface area contributed by atoms with Gasteiger partial charge in [0.25, 0.3) is 0 Å². The molecule has 3 N–H and O–H groups in total. The van der Waals surface area contributed by atoms with Crippen LogP contribution in [0.5, 0.6) is 0 Å². The van der Waals surface area contributed by atoms with Crippen molar-refractivity contribution in [2.45, 2.75) is 32.6 Å². The predicted octanol–water partition coefficient (Wildman–Crippen LogP) is -0.178. The number of hydrogen-bond acceptors (Lipinski definition) is 4. The van der Waals surface area contributed by atoms with E-state index >= 15 is 0 Å². The third-order valence-corrected chi connectivity index (χ3v) is 0.856. The van der Waals surface area contributed by atoms with Crippen LogP contribution in [-0.4, -0.2) is 34.7 Å². The average Bonchev–Trinajstić information content (AvgIpc) is 1.82. The van der Waals surface area contributed by atoms with Crippen molar-refractivity contribution in [3.63, 3.8) is 0 Å². The lowest BCUT2D eigenvalue weighted by Gasteiger charge is -2.20. The molecule has 0 saturated heterocycles. The second-order valence-corrected chi connectivity index (χ2v) is 3.34. The van der Waals surface area contributed by atoms with Gasteiger partial charge in [-0.2, -0.15) is 0 Å². The maximum Gasteiger partial charge on any atom is 0.409 e. The van der Waals surface area contributed by atoms with Crippen molar-refractivity contribution in [3.8, 4) is 0 Å². The highest BCUT2D eigenvalue weighted by Gasteiger charge is 2.17. The average molecular weight is 177 g/mol. The Morgan fingerprint density at radius 1 is 1.58 bits per heavy atom. The number of aliphatic hydroxyl groups excluding tert-OH is 2. The maximum atomic E-state index is 10.8. The van der Waals surface area contributed by atoms with Crippen LogP contribution in [0.1, 0.15) is 20.8 Å². The van der Waals surface area contributed by atoms with E-state index in [4.69, 9.17) is 14.9 Å².